The van der Waals surface area contributed by atoms with Crippen LogP contribution in [0.15, 0.2) is 231 Å². The molecule has 96 heavy (non-hydrogen) atoms. The van der Waals surface area contributed by atoms with Crippen LogP contribution in [0.5, 0.6) is 0 Å². The van der Waals surface area contributed by atoms with Crippen LogP contribution in [0.3, 0.4) is 0 Å². The van der Waals surface area contributed by atoms with Crippen LogP contribution in [-0.2, 0) is 32.5 Å². The van der Waals surface area contributed by atoms with Crippen LogP contribution < -0.4 is 52.4 Å². The molecule has 4 aliphatic heterocycles. The van der Waals surface area contributed by atoms with Gasteiger partial charge in [0.2, 0.25) is 0 Å². The molecule has 0 fully saturated rings. The van der Waals surface area contributed by atoms with Crippen LogP contribution >= 0.6 is 0 Å². The highest BCUT2D eigenvalue weighted by Gasteiger charge is 2.54. The first kappa shape index (κ1) is 62.8. The van der Waals surface area contributed by atoms with Crippen LogP contribution in [-0.4, -0.2) is 13.4 Å². The van der Waals surface area contributed by atoms with Crippen LogP contribution in [0, 0.1) is 0 Å². The monoisotopic (exact) mass is 1250 g/mol. The van der Waals surface area contributed by atoms with Crippen molar-refractivity contribution in [2.24, 2.45) is 0 Å². The Morgan fingerprint density at radius 3 is 0.708 bits per heavy atom. The topological polar surface area (TPSA) is 13.0 Å². The van der Waals surface area contributed by atoms with E-state index in [1.165, 1.54) is 105 Å². The molecule has 0 spiro atoms. The van der Waals surface area contributed by atoms with E-state index in [9.17, 15) is 0 Å². The van der Waals surface area contributed by atoms with Gasteiger partial charge < -0.3 is 19.6 Å². The van der Waals surface area contributed by atoms with Gasteiger partial charge in [-0.3, -0.25) is 0 Å². The maximum Gasteiger partial charge on any atom is 0.251 e. The third kappa shape index (κ3) is 10.3. The van der Waals surface area contributed by atoms with E-state index in [1.54, 1.807) is 0 Å². The van der Waals surface area contributed by atoms with Gasteiger partial charge in [-0.05, 0) is 195 Å². The average molecular weight is 1250 g/mol. The molecule has 478 valence electrons. The van der Waals surface area contributed by atoms with Crippen molar-refractivity contribution < 1.29 is 0 Å². The summed E-state index contributed by atoms with van der Waals surface area (Å²) >= 11 is 0. The quantitative estimate of drug-likeness (QED) is 0.134. The Labute approximate surface area is 573 Å². The number of rotatable bonds is 9. The van der Waals surface area contributed by atoms with Gasteiger partial charge in [0.15, 0.2) is 0 Å². The first-order chi connectivity index (χ1) is 45.5. The number of anilines is 12. The lowest BCUT2D eigenvalue weighted by Crippen LogP contribution is -2.64. The van der Waals surface area contributed by atoms with Crippen molar-refractivity contribution in [2.75, 3.05) is 19.6 Å². The minimum atomic E-state index is -0.189. The molecule has 11 aromatic carbocycles. The van der Waals surface area contributed by atoms with Crippen molar-refractivity contribution in [1.82, 2.24) is 0 Å². The zero-order valence-electron chi connectivity index (χ0n) is 59.9. The summed E-state index contributed by atoms with van der Waals surface area (Å²) in [4.78, 5) is 10.8. The Morgan fingerprint density at radius 1 is 0.229 bits per heavy atom. The Morgan fingerprint density at radius 2 is 0.458 bits per heavy atom. The summed E-state index contributed by atoms with van der Waals surface area (Å²) in [6.45, 7) is 41.6. The van der Waals surface area contributed by atoms with E-state index in [1.807, 2.05) is 0 Å². The third-order valence-corrected chi connectivity index (χ3v) is 21.2. The van der Waals surface area contributed by atoms with Gasteiger partial charge >= 0.3 is 0 Å². The highest BCUT2D eigenvalue weighted by molar-refractivity contribution is 7.06. The largest absolute Gasteiger partial charge is 0.312 e. The van der Waals surface area contributed by atoms with Crippen LogP contribution in [0.1, 0.15) is 158 Å². The molecule has 11 aromatic rings. The lowest BCUT2D eigenvalue weighted by Gasteiger charge is -2.48. The molecule has 0 aromatic heterocycles. The SMILES string of the molecule is CC(C)(C)c1ccc(N(c2ccc(C(C)(C)C)cc2)c2c3c4c(c(N(c5ccc(C(C)(C)C)cc5)c5ccc(C(C)(C)C)cc5)c2N(c2ccc(C(C)(C)C)cc2)c2ccc(C(C)(C)C)cc2)B2c5ccccc5-c5cccc(c52)N4c2cccc4c2B3c2ccccc2-4)cc1. The third-order valence-electron chi connectivity index (χ3n) is 21.2. The summed E-state index contributed by atoms with van der Waals surface area (Å²) in [6.07, 6.45) is 0. The fourth-order valence-corrected chi connectivity index (χ4v) is 15.9. The summed E-state index contributed by atoms with van der Waals surface area (Å²) in [7, 11) is 0. The zero-order valence-corrected chi connectivity index (χ0v) is 59.9. The molecule has 15 rings (SSSR count). The first-order valence-corrected chi connectivity index (χ1v) is 35.0. The van der Waals surface area contributed by atoms with E-state index < -0.39 is 0 Å². The Bertz CT molecular complexity index is 4430. The molecule has 0 radical (unpaired) electrons. The Balaban J connectivity index is 1.25. The van der Waals surface area contributed by atoms with Gasteiger partial charge in [-0.25, -0.2) is 0 Å². The van der Waals surface area contributed by atoms with Gasteiger partial charge in [0.1, 0.15) is 0 Å². The van der Waals surface area contributed by atoms with Gasteiger partial charge in [0.25, 0.3) is 13.4 Å². The van der Waals surface area contributed by atoms with E-state index >= 15 is 0 Å². The maximum absolute atomic E-state index is 2.75. The smallest absolute Gasteiger partial charge is 0.251 e. The maximum atomic E-state index is 2.75. The summed E-state index contributed by atoms with van der Waals surface area (Å²) in [6, 6.07) is 90.7. The highest BCUT2D eigenvalue weighted by Crippen LogP contribution is 2.58. The molecule has 4 aliphatic rings. The summed E-state index contributed by atoms with van der Waals surface area (Å²) in [5, 5.41) is 0. The molecule has 0 unspecified atom stereocenters. The van der Waals surface area contributed by atoms with Gasteiger partial charge in [-0.1, -0.05) is 281 Å². The molecular weight excluding hydrogens is 1160 g/mol. The van der Waals surface area contributed by atoms with Crippen molar-refractivity contribution in [2.45, 2.75) is 157 Å². The zero-order chi connectivity index (χ0) is 67.5. The molecule has 4 nitrogen and oxygen atoms in total. The lowest BCUT2D eigenvalue weighted by molar-refractivity contribution is 0.590. The second-order valence-electron chi connectivity index (χ2n) is 33.9. The lowest BCUT2D eigenvalue weighted by atomic mass is 9.31. The van der Waals surface area contributed by atoms with Gasteiger partial charge in [0.05, 0.1) is 17.1 Å². The van der Waals surface area contributed by atoms with E-state index in [-0.39, 0.29) is 45.9 Å². The Kier molecular flexibility index (Phi) is 14.5. The minimum Gasteiger partial charge on any atom is -0.312 e. The second kappa shape index (κ2) is 22.2. The predicted molar refractivity (Wildman–Crippen MR) is 418 cm³/mol. The predicted octanol–water partition coefficient (Wildman–Crippen LogP) is 21.0. The average Bonchev–Trinajstić information content (AvgIpc) is 1.26. The van der Waals surface area contributed by atoms with Crippen molar-refractivity contribution in [1.29, 1.82) is 0 Å². The van der Waals surface area contributed by atoms with E-state index in [0.29, 0.717) is 0 Å². The van der Waals surface area contributed by atoms with E-state index in [0.717, 1.165) is 51.2 Å². The van der Waals surface area contributed by atoms with E-state index in [2.05, 4.69) is 375 Å². The standard InChI is InChI=1S/C90H92B2N4/c1-85(2,3)57-33-45-63(46-34-57)93(64-47-35-58(36-48-64)86(4,5)6)82-79-81-80(92-74-30-22-20-26-70(74)72-28-24-32-76(78(72)92)96(81)75-31-23-27-71-69-25-19-21-29-73(69)91(79)77(71)75)83(94(65-49-37-59(38-50-65)87(7,8)9)66-51-39-60(40-52-66)88(10,11)12)84(82)95(67-53-41-61(42-54-67)89(13,14)15)68-55-43-62(44-56-68)90(16,17)18/h19-56H,1-18H3. The summed E-state index contributed by atoms with van der Waals surface area (Å²) < 4.78 is 0. The number of hydrogen-bond acceptors (Lipinski definition) is 4. The van der Waals surface area contributed by atoms with Crippen molar-refractivity contribution in [3.05, 3.63) is 264 Å². The Hall–Kier alpha value is -9.25. The fourth-order valence-electron chi connectivity index (χ4n) is 15.9. The number of nitrogens with zero attached hydrogens (tertiary/aromatic N) is 4. The van der Waals surface area contributed by atoms with Crippen LogP contribution in [0.4, 0.5) is 68.2 Å². The van der Waals surface area contributed by atoms with Crippen LogP contribution in [0.2, 0.25) is 0 Å². The molecule has 0 atom stereocenters. The molecule has 0 amide bonds. The number of benzene rings is 11. The molecule has 4 heterocycles. The summed E-state index contributed by atoms with van der Waals surface area (Å²) in [5.41, 5.74) is 33.7. The highest BCUT2D eigenvalue weighted by atomic mass is 15.3. The van der Waals surface area contributed by atoms with Gasteiger partial charge in [0, 0.05) is 51.2 Å². The molecule has 0 saturated heterocycles. The van der Waals surface area contributed by atoms with Crippen molar-refractivity contribution in [3.63, 3.8) is 0 Å². The van der Waals surface area contributed by atoms with Crippen molar-refractivity contribution >= 4 is 114 Å². The van der Waals surface area contributed by atoms with Crippen molar-refractivity contribution in [3.8, 4) is 22.3 Å². The molecule has 0 N–H and O–H groups in total. The van der Waals surface area contributed by atoms with Gasteiger partial charge in [-0.15, -0.1) is 0 Å². The number of fused-ring (bicyclic) bond motifs is 10. The first-order valence-electron chi connectivity index (χ1n) is 35.0. The minimum absolute atomic E-state index is 0.0906. The summed E-state index contributed by atoms with van der Waals surface area (Å²) in [5.74, 6) is 0. The van der Waals surface area contributed by atoms with Crippen LogP contribution in [0.25, 0.3) is 22.3 Å². The molecule has 0 aliphatic carbocycles. The normalized spacial score (nSPS) is 13.7. The molecular formula is C90H92B2N4. The molecule has 0 saturated carbocycles. The molecule has 0 bridgehead atoms. The molecule has 6 heteroatoms. The number of hydrogen-bond donors (Lipinski definition) is 0. The fraction of sp³-hybridized carbons (Fsp3) is 0.267. The second-order valence-corrected chi connectivity index (χ2v) is 33.9. The van der Waals surface area contributed by atoms with E-state index in [4.69, 9.17) is 0 Å². The van der Waals surface area contributed by atoms with Gasteiger partial charge in [-0.2, -0.15) is 0 Å².